The number of hydrogen-bond donors (Lipinski definition) is 3. The van der Waals surface area contributed by atoms with Gasteiger partial charge in [0.15, 0.2) is 11.5 Å². The van der Waals surface area contributed by atoms with Crippen LogP contribution in [0.3, 0.4) is 0 Å². The van der Waals surface area contributed by atoms with Crippen molar-refractivity contribution in [2.75, 3.05) is 23.9 Å². The Morgan fingerprint density at radius 2 is 1.93 bits per heavy atom. The maximum atomic E-state index is 11.8. The molecule has 2 amide bonds. The predicted molar refractivity (Wildman–Crippen MR) is 110 cm³/mol. The number of ether oxygens (including phenoxy) is 1. The van der Waals surface area contributed by atoms with E-state index in [2.05, 4.69) is 31.8 Å². The van der Waals surface area contributed by atoms with Gasteiger partial charge in [0, 0.05) is 5.69 Å². The van der Waals surface area contributed by atoms with Gasteiger partial charge in [-0.25, -0.2) is 5.43 Å². The van der Waals surface area contributed by atoms with Gasteiger partial charge in [0.05, 0.1) is 29.3 Å². The number of aromatic hydroxyl groups is 1. The zero-order valence-electron chi connectivity index (χ0n) is 14.4. The largest absolute Gasteiger partial charge is 0.503 e. The Morgan fingerprint density at radius 1 is 1.22 bits per heavy atom. The summed E-state index contributed by atoms with van der Waals surface area (Å²) in [5.41, 5.74) is 3.73. The lowest BCUT2D eigenvalue weighted by molar-refractivity contribution is -0.118. The summed E-state index contributed by atoms with van der Waals surface area (Å²) in [7, 11) is 1.44. The number of carbonyl (C=O) groups is 2. The van der Waals surface area contributed by atoms with E-state index in [4.69, 9.17) is 4.74 Å². The monoisotopic (exact) mass is 451 g/mol. The van der Waals surface area contributed by atoms with E-state index < -0.39 is 0 Å². The summed E-state index contributed by atoms with van der Waals surface area (Å²) >= 11 is 4.40. The Labute approximate surface area is 169 Å². The van der Waals surface area contributed by atoms with E-state index in [0.717, 1.165) is 0 Å². The van der Waals surface area contributed by atoms with Crippen LogP contribution in [0.4, 0.5) is 5.69 Å². The molecule has 0 aliphatic carbocycles. The van der Waals surface area contributed by atoms with E-state index in [1.54, 1.807) is 24.3 Å². The van der Waals surface area contributed by atoms with Crippen LogP contribution < -0.4 is 15.5 Å². The minimum absolute atomic E-state index is 0.0103. The van der Waals surface area contributed by atoms with Crippen molar-refractivity contribution in [1.82, 2.24) is 5.43 Å². The molecule has 0 aliphatic rings. The average molecular weight is 452 g/mol. The van der Waals surface area contributed by atoms with Crippen molar-refractivity contribution >= 4 is 51.4 Å². The number of anilines is 1. The molecule has 7 nitrogen and oxygen atoms in total. The molecule has 0 unspecified atom stereocenters. The van der Waals surface area contributed by atoms with E-state index in [1.165, 1.54) is 25.1 Å². The molecule has 0 aliphatic heterocycles. The van der Waals surface area contributed by atoms with Crippen LogP contribution in [0.2, 0.25) is 0 Å². The Kier molecular flexibility index (Phi) is 8.15. The van der Waals surface area contributed by atoms with Crippen molar-refractivity contribution in [3.63, 3.8) is 0 Å². The van der Waals surface area contributed by atoms with Crippen molar-refractivity contribution < 1.29 is 19.4 Å². The van der Waals surface area contributed by atoms with Gasteiger partial charge < -0.3 is 15.2 Å². The van der Waals surface area contributed by atoms with Gasteiger partial charge in [-0.2, -0.15) is 5.10 Å². The fraction of sp³-hybridized carbons (Fsp3) is 0.167. The van der Waals surface area contributed by atoms with Crippen LogP contribution in [-0.4, -0.2) is 41.8 Å². The molecule has 0 saturated carbocycles. The molecular weight excluding hydrogens is 434 g/mol. The molecule has 142 valence electrons. The maximum absolute atomic E-state index is 11.8. The number of thioether (sulfide) groups is 1. The van der Waals surface area contributed by atoms with Crippen LogP contribution in [-0.2, 0) is 9.59 Å². The first-order valence-electron chi connectivity index (χ1n) is 7.80. The van der Waals surface area contributed by atoms with Crippen molar-refractivity contribution in [3.05, 3.63) is 52.5 Å². The highest BCUT2D eigenvalue weighted by atomic mass is 79.9. The minimum Gasteiger partial charge on any atom is -0.503 e. The van der Waals surface area contributed by atoms with Crippen LogP contribution in [0, 0.1) is 0 Å². The standard InChI is InChI=1S/C18H18BrN3O4S/c1-26-15-8-12(7-14(19)18(15)25)9-20-22-17(24)11-27-10-16(23)21-13-5-3-2-4-6-13/h2-9,25H,10-11H2,1H3,(H,21,23)(H,22,24)/b20-9+. The van der Waals surface area contributed by atoms with Crippen LogP contribution >= 0.6 is 27.7 Å². The van der Waals surface area contributed by atoms with E-state index in [9.17, 15) is 14.7 Å². The second-order valence-corrected chi connectivity index (χ2v) is 7.09. The zero-order chi connectivity index (χ0) is 19.6. The molecule has 0 bridgehead atoms. The summed E-state index contributed by atoms with van der Waals surface area (Å²) in [4.78, 5) is 23.5. The zero-order valence-corrected chi connectivity index (χ0v) is 16.8. The first-order valence-corrected chi connectivity index (χ1v) is 9.75. The average Bonchev–Trinajstić information content (AvgIpc) is 2.65. The summed E-state index contributed by atoms with van der Waals surface area (Å²) < 4.78 is 5.50. The molecule has 2 rings (SSSR count). The number of rotatable bonds is 8. The molecule has 2 aromatic carbocycles. The number of para-hydroxylation sites is 1. The first-order chi connectivity index (χ1) is 13.0. The molecule has 3 N–H and O–H groups in total. The first kappa shape index (κ1) is 20.8. The summed E-state index contributed by atoms with van der Waals surface area (Å²) in [6.45, 7) is 0. The highest BCUT2D eigenvalue weighted by molar-refractivity contribution is 9.10. The lowest BCUT2D eigenvalue weighted by Gasteiger charge is -2.06. The Balaban J connectivity index is 1.74. The Hall–Kier alpha value is -2.52. The Bertz CT molecular complexity index is 831. The van der Waals surface area contributed by atoms with E-state index in [0.29, 0.717) is 15.7 Å². The van der Waals surface area contributed by atoms with E-state index >= 15 is 0 Å². The molecule has 0 spiro atoms. The van der Waals surface area contributed by atoms with Gasteiger partial charge in [-0.15, -0.1) is 11.8 Å². The summed E-state index contributed by atoms with van der Waals surface area (Å²) in [6, 6.07) is 12.3. The molecule has 2 aromatic rings. The molecule has 0 heterocycles. The number of halogens is 1. The molecule has 0 fully saturated rings. The molecule has 0 saturated heterocycles. The van der Waals surface area contributed by atoms with Crippen LogP contribution in [0.15, 0.2) is 52.0 Å². The van der Waals surface area contributed by atoms with Crippen molar-refractivity contribution in [2.45, 2.75) is 0 Å². The number of benzene rings is 2. The maximum Gasteiger partial charge on any atom is 0.250 e. The molecule has 0 atom stereocenters. The summed E-state index contributed by atoms with van der Waals surface area (Å²) in [5.74, 6) is 0.0362. The van der Waals surface area contributed by atoms with Crippen molar-refractivity contribution in [3.8, 4) is 11.5 Å². The van der Waals surface area contributed by atoms with Crippen LogP contribution in [0.25, 0.3) is 0 Å². The van der Waals surface area contributed by atoms with Crippen molar-refractivity contribution in [2.24, 2.45) is 5.10 Å². The van der Waals surface area contributed by atoms with Crippen LogP contribution in [0.1, 0.15) is 5.56 Å². The molecule has 0 aromatic heterocycles. The van der Waals surface area contributed by atoms with Gasteiger partial charge >= 0.3 is 0 Å². The molecule has 27 heavy (non-hydrogen) atoms. The normalized spacial score (nSPS) is 10.6. The topological polar surface area (TPSA) is 100 Å². The number of phenols is 1. The third kappa shape index (κ3) is 6.95. The summed E-state index contributed by atoms with van der Waals surface area (Å²) in [5, 5.41) is 16.3. The third-order valence-corrected chi connectivity index (χ3v) is 4.73. The van der Waals surface area contributed by atoms with Gasteiger partial charge in [0.25, 0.3) is 0 Å². The minimum atomic E-state index is -0.325. The number of nitrogens with one attached hydrogen (secondary N) is 2. The second-order valence-electron chi connectivity index (χ2n) is 5.25. The third-order valence-electron chi connectivity index (χ3n) is 3.20. The van der Waals surface area contributed by atoms with Crippen LogP contribution in [0.5, 0.6) is 11.5 Å². The lowest BCUT2D eigenvalue weighted by Crippen LogP contribution is -2.21. The second kappa shape index (κ2) is 10.6. The summed E-state index contributed by atoms with van der Waals surface area (Å²) in [6.07, 6.45) is 1.43. The van der Waals surface area contributed by atoms with Crippen molar-refractivity contribution in [1.29, 1.82) is 0 Å². The Morgan fingerprint density at radius 3 is 2.63 bits per heavy atom. The highest BCUT2D eigenvalue weighted by Gasteiger charge is 2.08. The molecule has 0 radical (unpaired) electrons. The predicted octanol–water partition coefficient (Wildman–Crippen LogP) is 2.99. The van der Waals surface area contributed by atoms with Gasteiger partial charge in [0.1, 0.15) is 0 Å². The number of amides is 2. The van der Waals surface area contributed by atoms with Gasteiger partial charge in [0.2, 0.25) is 11.8 Å². The van der Waals surface area contributed by atoms with E-state index in [1.807, 2.05) is 18.2 Å². The quantitative estimate of drug-likeness (QED) is 0.423. The SMILES string of the molecule is COc1cc(/C=N/NC(=O)CSCC(=O)Nc2ccccc2)cc(Br)c1O. The van der Waals surface area contributed by atoms with Gasteiger partial charge in [-0.1, -0.05) is 18.2 Å². The fourth-order valence-electron chi connectivity index (χ4n) is 1.99. The number of nitrogens with zero attached hydrogens (tertiary/aromatic N) is 1. The van der Waals surface area contributed by atoms with E-state index in [-0.39, 0.29) is 34.8 Å². The number of methoxy groups -OCH3 is 1. The lowest BCUT2D eigenvalue weighted by atomic mass is 10.2. The number of phenolic OH excluding ortho intramolecular Hbond substituents is 1. The smallest absolute Gasteiger partial charge is 0.250 e. The van der Waals surface area contributed by atoms with Gasteiger partial charge in [-0.05, 0) is 45.8 Å². The highest BCUT2D eigenvalue weighted by Crippen LogP contribution is 2.34. The fourth-order valence-corrected chi connectivity index (χ4v) is 3.06. The van der Waals surface area contributed by atoms with Gasteiger partial charge in [-0.3, -0.25) is 9.59 Å². The number of carbonyl (C=O) groups excluding carboxylic acids is 2. The number of hydrazone groups is 1. The number of hydrogen-bond acceptors (Lipinski definition) is 6. The molecular formula is C18H18BrN3O4S. The molecule has 9 heteroatoms.